The molecule has 2 fully saturated rings. The Hall–Kier alpha value is -3.30. The number of carboxylic acid groups (broad SMARTS) is 1. The third-order valence-electron chi connectivity index (χ3n) is 7.68. The van der Waals surface area contributed by atoms with Gasteiger partial charge in [-0.05, 0) is 37.3 Å². The Morgan fingerprint density at radius 3 is 2.58 bits per heavy atom. The largest absolute Gasteiger partial charge is 0.480 e. The van der Waals surface area contributed by atoms with Crippen LogP contribution in [0.15, 0.2) is 41.8 Å². The number of fused-ring (bicyclic) bond motifs is 1. The first-order valence-electron chi connectivity index (χ1n) is 13.4. The van der Waals surface area contributed by atoms with E-state index in [0.717, 1.165) is 52.7 Å². The number of hydrogen-bond acceptors (Lipinski definition) is 6. The van der Waals surface area contributed by atoms with Gasteiger partial charge in [0, 0.05) is 43.2 Å². The molecule has 1 saturated heterocycles. The molecule has 1 aliphatic heterocycles. The van der Waals surface area contributed by atoms with Crippen molar-refractivity contribution in [3.63, 3.8) is 0 Å². The highest BCUT2D eigenvalue weighted by atomic mass is 32.1. The molecule has 2 amide bonds. The number of para-hydroxylation sites is 1. The molecule has 5 rings (SSSR count). The van der Waals surface area contributed by atoms with Gasteiger partial charge in [0.15, 0.2) is 0 Å². The van der Waals surface area contributed by atoms with E-state index in [9.17, 15) is 14.4 Å². The van der Waals surface area contributed by atoms with Gasteiger partial charge in [0.2, 0.25) is 5.91 Å². The minimum atomic E-state index is -0.944. The fourth-order valence-electron chi connectivity index (χ4n) is 5.81. The summed E-state index contributed by atoms with van der Waals surface area (Å²) in [6.07, 6.45) is 5.51. The number of benzene rings is 1. The molecule has 38 heavy (non-hydrogen) atoms. The van der Waals surface area contributed by atoms with Crippen LogP contribution in [0.1, 0.15) is 54.9 Å². The second-order valence-corrected chi connectivity index (χ2v) is 11.1. The highest BCUT2D eigenvalue weighted by Crippen LogP contribution is 2.35. The van der Waals surface area contributed by atoms with E-state index in [2.05, 4.69) is 0 Å². The molecular weight excluding hydrogens is 500 g/mol. The third kappa shape index (κ3) is 5.44. The molecule has 2 aromatic heterocycles. The molecule has 0 radical (unpaired) electrons. The normalized spacial score (nSPS) is 17.2. The summed E-state index contributed by atoms with van der Waals surface area (Å²) in [6, 6.07) is 12.0. The zero-order valence-corrected chi connectivity index (χ0v) is 22.6. The third-order valence-corrected chi connectivity index (χ3v) is 8.56. The number of rotatable bonds is 8. The lowest BCUT2D eigenvalue weighted by Gasteiger charge is -2.36. The van der Waals surface area contributed by atoms with Crippen molar-refractivity contribution in [3.05, 3.63) is 52.9 Å². The summed E-state index contributed by atoms with van der Waals surface area (Å²) in [5, 5.41) is 12.0. The first kappa shape index (κ1) is 26.3. The van der Waals surface area contributed by atoms with Crippen LogP contribution < -0.4 is 0 Å². The summed E-state index contributed by atoms with van der Waals surface area (Å²) in [6.45, 7) is 3.69. The van der Waals surface area contributed by atoms with Crippen LogP contribution in [0.3, 0.4) is 0 Å². The Bertz CT molecular complexity index is 1320. The van der Waals surface area contributed by atoms with Crippen LogP contribution in [0.5, 0.6) is 0 Å². The molecule has 0 atom stereocenters. The Morgan fingerprint density at radius 2 is 1.89 bits per heavy atom. The number of pyridine rings is 1. The molecule has 8 nitrogen and oxygen atoms in total. The van der Waals surface area contributed by atoms with Gasteiger partial charge in [-0.2, -0.15) is 0 Å². The summed E-state index contributed by atoms with van der Waals surface area (Å²) in [5.74, 6) is -1.08. The average Bonchev–Trinajstić information content (AvgIpc) is 3.45. The van der Waals surface area contributed by atoms with Crippen LogP contribution in [0.4, 0.5) is 0 Å². The quantitative estimate of drug-likeness (QED) is 0.458. The van der Waals surface area contributed by atoms with Gasteiger partial charge in [0.05, 0.1) is 34.7 Å². The molecule has 3 heterocycles. The fourth-order valence-corrected chi connectivity index (χ4v) is 6.55. The van der Waals surface area contributed by atoms with E-state index in [1.54, 1.807) is 21.1 Å². The first-order valence-corrected chi connectivity index (χ1v) is 14.3. The monoisotopic (exact) mass is 534 g/mol. The molecule has 1 saturated carbocycles. The number of hydrogen-bond donors (Lipinski definition) is 1. The highest BCUT2D eigenvalue weighted by molar-refractivity contribution is 7.13. The smallest absolute Gasteiger partial charge is 0.317 e. The summed E-state index contributed by atoms with van der Waals surface area (Å²) >= 11 is 1.57. The van der Waals surface area contributed by atoms with E-state index >= 15 is 0 Å². The molecular formula is C29H34N4O4S. The van der Waals surface area contributed by atoms with Crippen LogP contribution in [-0.4, -0.2) is 81.3 Å². The molecule has 0 bridgehead atoms. The molecule has 200 valence electrons. The Morgan fingerprint density at radius 1 is 1.11 bits per heavy atom. The molecule has 0 spiro atoms. The van der Waals surface area contributed by atoms with Gasteiger partial charge in [-0.3, -0.25) is 19.3 Å². The van der Waals surface area contributed by atoms with Crippen molar-refractivity contribution >= 4 is 40.0 Å². The van der Waals surface area contributed by atoms with Crippen molar-refractivity contribution < 1.29 is 19.5 Å². The topological polar surface area (TPSA) is 94.0 Å². The Balaban J connectivity index is 1.60. The van der Waals surface area contributed by atoms with Gasteiger partial charge in [0.25, 0.3) is 5.91 Å². The van der Waals surface area contributed by atoms with Gasteiger partial charge in [-0.25, -0.2) is 4.98 Å². The zero-order chi connectivity index (χ0) is 26.6. The van der Waals surface area contributed by atoms with Crippen molar-refractivity contribution in [2.45, 2.75) is 51.6 Å². The molecule has 1 N–H and O–H groups in total. The van der Waals surface area contributed by atoms with E-state index in [0.29, 0.717) is 25.2 Å². The van der Waals surface area contributed by atoms with Crippen LogP contribution >= 0.6 is 11.3 Å². The molecule has 3 aromatic rings. The minimum Gasteiger partial charge on any atom is -0.480 e. The highest BCUT2D eigenvalue weighted by Gasteiger charge is 2.32. The molecule has 1 aromatic carbocycles. The fraction of sp³-hybridized carbons (Fsp3) is 0.448. The van der Waals surface area contributed by atoms with Crippen molar-refractivity contribution in [2.75, 3.05) is 32.7 Å². The van der Waals surface area contributed by atoms with E-state index in [4.69, 9.17) is 10.1 Å². The summed E-state index contributed by atoms with van der Waals surface area (Å²) in [4.78, 5) is 50.2. The Kier molecular flexibility index (Phi) is 8.04. The lowest BCUT2D eigenvalue weighted by molar-refractivity contribution is -0.142. The van der Waals surface area contributed by atoms with Crippen LogP contribution in [0.25, 0.3) is 21.5 Å². The number of aromatic nitrogens is 1. The lowest BCUT2D eigenvalue weighted by atomic mass is 9.92. The number of nitrogens with zero attached hydrogens (tertiary/aromatic N) is 4. The average molecular weight is 535 g/mol. The van der Waals surface area contributed by atoms with Crippen LogP contribution in [0, 0.1) is 0 Å². The van der Waals surface area contributed by atoms with Gasteiger partial charge < -0.3 is 14.9 Å². The number of carbonyl (C=O) groups is 3. The van der Waals surface area contributed by atoms with Gasteiger partial charge in [-0.1, -0.05) is 43.5 Å². The maximum Gasteiger partial charge on any atom is 0.317 e. The second kappa shape index (κ2) is 11.6. The van der Waals surface area contributed by atoms with E-state index < -0.39 is 5.97 Å². The summed E-state index contributed by atoms with van der Waals surface area (Å²) < 4.78 is 0. The standard InChI is InChI=1S/C29H34N4O4S/c1-2-33(20-9-4-3-5-10-20)29(37)27-21-11-6-7-12-23(21)30-28(24-13-8-16-38-24)22(27)17-32-15-14-31(18-25(32)34)19-26(35)36/h6-8,11-13,16,20H,2-5,9-10,14-15,17-19H2,1H3,(H,35,36). The SMILES string of the molecule is CCN(C(=O)c1c(CN2CCN(CC(=O)O)CC2=O)c(-c2cccs2)nc2ccccc12)C1CCCCC1. The second-order valence-electron chi connectivity index (χ2n) is 10.1. The molecule has 0 unspecified atom stereocenters. The number of amides is 2. The maximum atomic E-state index is 14.5. The minimum absolute atomic E-state index is 0.00256. The Labute approximate surface area is 226 Å². The number of carbonyl (C=O) groups excluding carboxylic acids is 2. The van der Waals surface area contributed by atoms with Crippen LogP contribution in [0.2, 0.25) is 0 Å². The van der Waals surface area contributed by atoms with Gasteiger partial charge in [-0.15, -0.1) is 11.3 Å². The van der Waals surface area contributed by atoms with Crippen molar-refractivity contribution in [1.29, 1.82) is 0 Å². The van der Waals surface area contributed by atoms with Crippen LogP contribution in [-0.2, 0) is 16.1 Å². The van der Waals surface area contributed by atoms with Crippen molar-refractivity contribution in [2.24, 2.45) is 0 Å². The number of aliphatic carboxylic acids is 1. The molecule has 9 heteroatoms. The van der Waals surface area contributed by atoms with E-state index in [1.165, 1.54) is 6.42 Å². The maximum absolute atomic E-state index is 14.5. The lowest BCUT2D eigenvalue weighted by Crippen LogP contribution is -2.51. The van der Waals surface area contributed by atoms with Crippen molar-refractivity contribution in [3.8, 4) is 10.6 Å². The zero-order valence-electron chi connectivity index (χ0n) is 21.8. The van der Waals surface area contributed by atoms with Gasteiger partial charge >= 0.3 is 5.97 Å². The summed E-state index contributed by atoms with van der Waals surface area (Å²) in [7, 11) is 0. The molecule has 2 aliphatic rings. The number of thiophene rings is 1. The van der Waals surface area contributed by atoms with Crippen molar-refractivity contribution in [1.82, 2.24) is 19.7 Å². The number of carboxylic acids is 1. The van der Waals surface area contributed by atoms with Gasteiger partial charge in [0.1, 0.15) is 0 Å². The summed E-state index contributed by atoms with van der Waals surface area (Å²) in [5.41, 5.74) is 2.90. The predicted molar refractivity (Wildman–Crippen MR) is 148 cm³/mol. The van der Waals surface area contributed by atoms with E-state index in [1.807, 2.05) is 53.6 Å². The first-order chi connectivity index (χ1) is 18.5. The van der Waals surface area contributed by atoms with E-state index in [-0.39, 0.29) is 37.5 Å². The predicted octanol–water partition coefficient (Wildman–Crippen LogP) is 4.49. The molecule has 1 aliphatic carbocycles. The number of piperazine rings is 1.